The van der Waals surface area contributed by atoms with Crippen LogP contribution in [0.25, 0.3) is 0 Å². The molecule has 2 heterocycles. The highest BCUT2D eigenvalue weighted by Gasteiger charge is 2.41. The molecular weight excluding hydrogens is 355 g/mol. The maximum Gasteiger partial charge on any atom is 0.250 e. The summed E-state index contributed by atoms with van der Waals surface area (Å²) in [5.74, 6) is 0.146. The molecule has 0 N–H and O–H groups in total. The van der Waals surface area contributed by atoms with Crippen molar-refractivity contribution in [3.8, 4) is 0 Å². The van der Waals surface area contributed by atoms with Crippen LogP contribution in [0.2, 0.25) is 0 Å². The fraction of sp³-hybridized carbons (Fsp3) is 0.429. The van der Waals surface area contributed by atoms with Gasteiger partial charge >= 0.3 is 0 Å². The lowest BCUT2D eigenvalue weighted by atomic mass is 9.98. The molecule has 0 aromatic heterocycles. The van der Waals surface area contributed by atoms with Crippen molar-refractivity contribution in [3.05, 3.63) is 27.8 Å². The number of piperazine rings is 1. The van der Waals surface area contributed by atoms with Crippen LogP contribution in [0.5, 0.6) is 0 Å². The number of halogens is 1. The van der Waals surface area contributed by atoms with Gasteiger partial charge in [0, 0.05) is 10.1 Å². The van der Waals surface area contributed by atoms with Crippen molar-refractivity contribution in [1.82, 2.24) is 4.90 Å². The van der Waals surface area contributed by atoms with Crippen molar-refractivity contribution >= 4 is 40.1 Å². The Morgan fingerprint density at radius 3 is 2.74 bits per heavy atom. The highest BCUT2D eigenvalue weighted by Crippen LogP contribution is 2.29. The van der Waals surface area contributed by atoms with Crippen molar-refractivity contribution in [1.29, 1.82) is 0 Å². The van der Waals surface area contributed by atoms with Crippen LogP contribution < -0.4 is 4.90 Å². The summed E-state index contributed by atoms with van der Waals surface area (Å²) in [5.41, 5.74) is 0.853. The molecule has 2 aliphatic heterocycles. The Morgan fingerprint density at radius 2 is 1.95 bits per heavy atom. The number of para-hydroxylation sites is 1. The first-order valence-electron chi connectivity index (χ1n) is 6.54. The van der Waals surface area contributed by atoms with Gasteiger partial charge in [-0.3, -0.25) is 9.59 Å². The zero-order chi connectivity index (χ0) is 13.4. The molecule has 1 aromatic carbocycles. The van der Waals surface area contributed by atoms with E-state index in [1.54, 1.807) is 9.80 Å². The van der Waals surface area contributed by atoms with Crippen LogP contribution in [0, 0.1) is 3.57 Å². The molecule has 5 heteroatoms. The summed E-state index contributed by atoms with van der Waals surface area (Å²) >= 11 is 2.21. The number of piperidine rings is 1. The number of fused-ring (bicyclic) bond motifs is 1. The van der Waals surface area contributed by atoms with Gasteiger partial charge in [0.2, 0.25) is 11.8 Å². The van der Waals surface area contributed by atoms with Gasteiger partial charge in [-0.1, -0.05) is 12.1 Å². The molecule has 2 fully saturated rings. The summed E-state index contributed by atoms with van der Waals surface area (Å²) < 4.78 is 1.01. The zero-order valence-corrected chi connectivity index (χ0v) is 12.7. The Labute approximate surface area is 125 Å². The second-order valence-electron chi connectivity index (χ2n) is 4.97. The first-order chi connectivity index (χ1) is 9.18. The molecule has 2 amide bonds. The molecule has 1 unspecified atom stereocenters. The van der Waals surface area contributed by atoms with Gasteiger partial charge in [-0.25, -0.2) is 0 Å². The van der Waals surface area contributed by atoms with Crippen LogP contribution in [-0.2, 0) is 9.59 Å². The molecule has 1 atom stereocenters. The predicted octanol–water partition coefficient (Wildman–Crippen LogP) is 2.02. The molecule has 2 saturated heterocycles. The van der Waals surface area contributed by atoms with Crippen molar-refractivity contribution in [2.75, 3.05) is 18.0 Å². The standard InChI is InChI=1S/C14H15IN2O2/c15-10-5-1-2-6-11(10)17-9-13(18)16-8-4-3-7-12(16)14(17)19/h1-2,5-6,12H,3-4,7-9H2. The second kappa shape index (κ2) is 5.11. The Kier molecular flexibility index (Phi) is 3.47. The number of rotatable bonds is 1. The lowest BCUT2D eigenvalue weighted by molar-refractivity contribution is -0.144. The maximum atomic E-state index is 12.6. The van der Waals surface area contributed by atoms with Gasteiger partial charge in [-0.2, -0.15) is 0 Å². The third-order valence-corrected chi connectivity index (χ3v) is 4.72. The minimum Gasteiger partial charge on any atom is -0.329 e. The lowest BCUT2D eigenvalue weighted by Gasteiger charge is -2.42. The number of carbonyl (C=O) groups is 2. The summed E-state index contributed by atoms with van der Waals surface area (Å²) in [6.07, 6.45) is 2.84. The molecule has 0 spiro atoms. The Bertz CT molecular complexity index is 532. The number of anilines is 1. The lowest BCUT2D eigenvalue weighted by Crippen LogP contribution is -2.61. The van der Waals surface area contributed by atoms with E-state index in [4.69, 9.17) is 0 Å². The minimum atomic E-state index is -0.244. The van der Waals surface area contributed by atoms with Crippen LogP contribution >= 0.6 is 22.6 Å². The molecule has 19 heavy (non-hydrogen) atoms. The van der Waals surface area contributed by atoms with Crippen LogP contribution in [0.1, 0.15) is 19.3 Å². The van der Waals surface area contributed by atoms with E-state index >= 15 is 0 Å². The molecule has 100 valence electrons. The van der Waals surface area contributed by atoms with Crippen molar-refractivity contribution < 1.29 is 9.59 Å². The predicted molar refractivity (Wildman–Crippen MR) is 80.9 cm³/mol. The van der Waals surface area contributed by atoms with Crippen LogP contribution in [0.15, 0.2) is 24.3 Å². The van der Waals surface area contributed by atoms with Gasteiger partial charge in [-0.15, -0.1) is 0 Å². The van der Waals surface area contributed by atoms with Gasteiger partial charge in [0.15, 0.2) is 0 Å². The van der Waals surface area contributed by atoms with Gasteiger partial charge in [-0.05, 0) is 54.0 Å². The van der Waals surface area contributed by atoms with E-state index in [2.05, 4.69) is 22.6 Å². The third kappa shape index (κ3) is 2.24. The van der Waals surface area contributed by atoms with Gasteiger partial charge in [0.1, 0.15) is 12.6 Å². The number of amides is 2. The number of hydrogen-bond acceptors (Lipinski definition) is 2. The highest BCUT2D eigenvalue weighted by molar-refractivity contribution is 14.1. The monoisotopic (exact) mass is 370 g/mol. The summed E-state index contributed by atoms with van der Waals surface area (Å²) in [5, 5.41) is 0. The van der Waals surface area contributed by atoms with Crippen molar-refractivity contribution in [2.45, 2.75) is 25.3 Å². The van der Waals surface area contributed by atoms with E-state index in [1.807, 2.05) is 24.3 Å². The normalized spacial score (nSPS) is 23.5. The van der Waals surface area contributed by atoms with Crippen molar-refractivity contribution in [2.24, 2.45) is 0 Å². The molecule has 1 aromatic rings. The summed E-state index contributed by atoms with van der Waals surface area (Å²) in [4.78, 5) is 28.2. The number of nitrogens with zero attached hydrogens (tertiary/aromatic N) is 2. The van der Waals surface area contributed by atoms with Crippen molar-refractivity contribution in [3.63, 3.8) is 0 Å². The van der Waals surface area contributed by atoms with E-state index in [0.29, 0.717) is 0 Å². The average Bonchev–Trinajstić information content (AvgIpc) is 2.44. The highest BCUT2D eigenvalue weighted by atomic mass is 127. The number of carbonyl (C=O) groups excluding carboxylic acids is 2. The molecule has 2 aliphatic rings. The Morgan fingerprint density at radius 1 is 1.16 bits per heavy atom. The van der Waals surface area contributed by atoms with E-state index in [-0.39, 0.29) is 24.4 Å². The van der Waals surface area contributed by atoms with Gasteiger partial charge in [0.25, 0.3) is 0 Å². The molecule has 0 bridgehead atoms. The van der Waals surface area contributed by atoms with Crippen LogP contribution in [-0.4, -0.2) is 35.8 Å². The van der Waals surface area contributed by atoms with E-state index in [1.165, 1.54) is 0 Å². The maximum absolute atomic E-state index is 12.6. The van der Waals surface area contributed by atoms with E-state index in [9.17, 15) is 9.59 Å². The summed E-state index contributed by atoms with van der Waals surface area (Å²) in [7, 11) is 0. The van der Waals surface area contributed by atoms with Gasteiger partial charge < -0.3 is 9.80 Å². The van der Waals surface area contributed by atoms with Gasteiger partial charge in [0.05, 0.1) is 5.69 Å². The van der Waals surface area contributed by atoms with Crippen LogP contribution in [0.3, 0.4) is 0 Å². The summed E-state index contributed by atoms with van der Waals surface area (Å²) in [6.45, 7) is 0.907. The molecule has 4 nitrogen and oxygen atoms in total. The molecular formula is C14H15IN2O2. The molecule has 0 radical (unpaired) electrons. The minimum absolute atomic E-state index is 0.0726. The fourth-order valence-corrected chi connectivity index (χ4v) is 3.52. The Hall–Kier alpha value is -1.11. The molecule has 3 rings (SSSR count). The molecule has 0 saturated carbocycles. The van der Waals surface area contributed by atoms with E-state index < -0.39 is 0 Å². The van der Waals surface area contributed by atoms with Crippen LogP contribution in [0.4, 0.5) is 5.69 Å². The number of hydrogen-bond donors (Lipinski definition) is 0. The first-order valence-corrected chi connectivity index (χ1v) is 7.62. The SMILES string of the molecule is O=C1C2CCCCN2C(=O)CN1c1ccccc1I. The number of benzene rings is 1. The first kappa shape index (κ1) is 12.9. The Balaban J connectivity index is 1.94. The summed E-state index contributed by atoms with van der Waals surface area (Å²) in [6, 6.07) is 7.47. The fourth-order valence-electron chi connectivity index (χ4n) is 2.85. The zero-order valence-electron chi connectivity index (χ0n) is 10.5. The smallest absolute Gasteiger partial charge is 0.250 e. The topological polar surface area (TPSA) is 40.6 Å². The third-order valence-electron chi connectivity index (χ3n) is 3.81. The second-order valence-corrected chi connectivity index (χ2v) is 6.14. The quantitative estimate of drug-likeness (QED) is 0.710. The van der Waals surface area contributed by atoms with E-state index in [0.717, 1.165) is 35.1 Å². The average molecular weight is 370 g/mol. The largest absolute Gasteiger partial charge is 0.329 e. The molecule has 0 aliphatic carbocycles.